The van der Waals surface area contributed by atoms with E-state index in [2.05, 4.69) is 10.6 Å². The standard InChI is InChI=1S/C14H23N3O2/c1-3-16-14(19)11-6-7-12(15)13(9-11)17-8-4-5-10(2)18/h6-7,9-10,17-18H,3-5,8,15H2,1-2H3,(H,16,19). The molecule has 1 aromatic rings. The second-order valence-corrected chi connectivity index (χ2v) is 4.58. The summed E-state index contributed by atoms with van der Waals surface area (Å²) >= 11 is 0. The summed E-state index contributed by atoms with van der Waals surface area (Å²) in [7, 11) is 0. The van der Waals surface area contributed by atoms with Crippen LogP contribution in [0.1, 0.15) is 37.0 Å². The quantitative estimate of drug-likeness (QED) is 0.445. The number of rotatable bonds is 7. The number of hydrogen-bond donors (Lipinski definition) is 4. The van der Waals surface area contributed by atoms with Crippen LogP contribution in [0.4, 0.5) is 11.4 Å². The molecule has 19 heavy (non-hydrogen) atoms. The molecule has 1 rings (SSSR count). The van der Waals surface area contributed by atoms with E-state index in [1.54, 1.807) is 25.1 Å². The van der Waals surface area contributed by atoms with Gasteiger partial charge in [0.2, 0.25) is 0 Å². The Balaban J connectivity index is 2.61. The van der Waals surface area contributed by atoms with Crippen LogP contribution in [0.5, 0.6) is 0 Å². The molecule has 106 valence electrons. The molecule has 0 aliphatic carbocycles. The molecule has 0 aliphatic heterocycles. The van der Waals surface area contributed by atoms with E-state index in [1.165, 1.54) is 0 Å². The maximum Gasteiger partial charge on any atom is 0.251 e. The third kappa shape index (κ3) is 5.18. The van der Waals surface area contributed by atoms with Crippen molar-refractivity contribution in [3.63, 3.8) is 0 Å². The van der Waals surface area contributed by atoms with Gasteiger partial charge in [-0.05, 0) is 44.9 Å². The molecule has 5 heteroatoms. The van der Waals surface area contributed by atoms with Crippen LogP contribution in [0, 0.1) is 0 Å². The van der Waals surface area contributed by atoms with Crippen LogP contribution in [0.2, 0.25) is 0 Å². The molecule has 1 unspecified atom stereocenters. The van der Waals surface area contributed by atoms with Gasteiger partial charge in [-0.15, -0.1) is 0 Å². The molecule has 1 atom stereocenters. The summed E-state index contributed by atoms with van der Waals surface area (Å²) in [5.41, 5.74) is 7.83. The molecule has 0 bridgehead atoms. The van der Waals surface area contributed by atoms with Crippen molar-refractivity contribution >= 4 is 17.3 Å². The van der Waals surface area contributed by atoms with Crippen LogP contribution < -0.4 is 16.4 Å². The van der Waals surface area contributed by atoms with Crippen LogP contribution in [0.15, 0.2) is 18.2 Å². The van der Waals surface area contributed by atoms with Crippen molar-refractivity contribution in [3.05, 3.63) is 23.8 Å². The van der Waals surface area contributed by atoms with Gasteiger partial charge in [0.05, 0.1) is 17.5 Å². The first-order chi connectivity index (χ1) is 9.04. The molecule has 0 aliphatic rings. The first kappa shape index (κ1) is 15.3. The number of hydrogen-bond acceptors (Lipinski definition) is 4. The Bertz CT molecular complexity index is 419. The van der Waals surface area contributed by atoms with Crippen LogP contribution >= 0.6 is 0 Å². The number of nitrogen functional groups attached to an aromatic ring is 1. The predicted molar refractivity (Wildman–Crippen MR) is 78.3 cm³/mol. The van der Waals surface area contributed by atoms with Crippen molar-refractivity contribution in [3.8, 4) is 0 Å². The van der Waals surface area contributed by atoms with E-state index in [0.29, 0.717) is 24.3 Å². The van der Waals surface area contributed by atoms with Crippen LogP contribution in [-0.2, 0) is 0 Å². The van der Waals surface area contributed by atoms with E-state index in [4.69, 9.17) is 5.73 Å². The Morgan fingerprint density at radius 1 is 1.47 bits per heavy atom. The molecule has 0 spiro atoms. The normalized spacial score (nSPS) is 11.9. The van der Waals surface area contributed by atoms with Gasteiger partial charge in [-0.2, -0.15) is 0 Å². The SMILES string of the molecule is CCNC(=O)c1ccc(N)c(NCCCC(C)O)c1. The lowest BCUT2D eigenvalue weighted by Gasteiger charge is -2.11. The fourth-order valence-electron chi connectivity index (χ4n) is 1.73. The fourth-order valence-corrected chi connectivity index (χ4v) is 1.73. The van der Waals surface area contributed by atoms with Gasteiger partial charge in [-0.1, -0.05) is 0 Å². The first-order valence-electron chi connectivity index (χ1n) is 6.64. The van der Waals surface area contributed by atoms with Gasteiger partial charge in [-0.25, -0.2) is 0 Å². The van der Waals surface area contributed by atoms with Crippen molar-refractivity contribution in [2.24, 2.45) is 0 Å². The van der Waals surface area contributed by atoms with Crippen molar-refractivity contribution in [1.29, 1.82) is 0 Å². The van der Waals surface area contributed by atoms with E-state index >= 15 is 0 Å². The summed E-state index contributed by atoms with van der Waals surface area (Å²) in [6.45, 7) is 4.96. The van der Waals surface area contributed by atoms with Gasteiger partial charge in [-0.3, -0.25) is 4.79 Å². The highest BCUT2D eigenvalue weighted by Crippen LogP contribution is 2.20. The van der Waals surface area contributed by atoms with Crippen molar-refractivity contribution in [1.82, 2.24) is 5.32 Å². The van der Waals surface area contributed by atoms with Crippen molar-refractivity contribution < 1.29 is 9.90 Å². The third-order valence-electron chi connectivity index (χ3n) is 2.77. The Kier molecular flexibility index (Phi) is 6.15. The number of nitrogens with one attached hydrogen (secondary N) is 2. The molecule has 0 saturated heterocycles. The molecular formula is C14H23N3O2. The summed E-state index contributed by atoms with van der Waals surface area (Å²) in [6.07, 6.45) is 1.30. The van der Waals surface area contributed by atoms with E-state index in [0.717, 1.165) is 18.5 Å². The average Bonchev–Trinajstić information content (AvgIpc) is 2.36. The van der Waals surface area contributed by atoms with E-state index in [-0.39, 0.29) is 12.0 Å². The maximum absolute atomic E-state index is 11.7. The lowest BCUT2D eigenvalue weighted by atomic mass is 10.1. The summed E-state index contributed by atoms with van der Waals surface area (Å²) < 4.78 is 0. The zero-order chi connectivity index (χ0) is 14.3. The van der Waals surface area contributed by atoms with Gasteiger partial charge >= 0.3 is 0 Å². The van der Waals surface area contributed by atoms with Crippen LogP contribution in [-0.4, -0.2) is 30.2 Å². The number of carbonyl (C=O) groups is 1. The lowest BCUT2D eigenvalue weighted by Crippen LogP contribution is -2.22. The largest absolute Gasteiger partial charge is 0.397 e. The van der Waals surface area contributed by atoms with E-state index in [1.807, 2.05) is 6.92 Å². The Morgan fingerprint density at radius 3 is 2.84 bits per heavy atom. The zero-order valence-corrected chi connectivity index (χ0v) is 11.6. The topological polar surface area (TPSA) is 87.4 Å². The van der Waals surface area contributed by atoms with E-state index in [9.17, 15) is 9.90 Å². The summed E-state index contributed by atoms with van der Waals surface area (Å²) in [6, 6.07) is 5.19. The Morgan fingerprint density at radius 2 is 2.21 bits per heavy atom. The number of carbonyl (C=O) groups excluding carboxylic acids is 1. The Labute approximate surface area is 114 Å². The minimum atomic E-state index is -0.291. The van der Waals surface area contributed by atoms with Crippen LogP contribution in [0.3, 0.4) is 0 Å². The van der Waals surface area contributed by atoms with Gasteiger partial charge < -0.3 is 21.5 Å². The van der Waals surface area contributed by atoms with Gasteiger partial charge in [0, 0.05) is 18.7 Å². The molecular weight excluding hydrogens is 242 g/mol. The number of benzene rings is 1. The van der Waals surface area contributed by atoms with Gasteiger partial charge in [0.25, 0.3) is 5.91 Å². The zero-order valence-electron chi connectivity index (χ0n) is 11.6. The molecule has 0 heterocycles. The summed E-state index contributed by atoms with van der Waals surface area (Å²) in [5.74, 6) is -0.102. The second kappa shape index (κ2) is 7.63. The average molecular weight is 265 g/mol. The molecule has 0 aromatic heterocycles. The lowest BCUT2D eigenvalue weighted by molar-refractivity contribution is 0.0956. The number of anilines is 2. The maximum atomic E-state index is 11.7. The molecule has 0 fully saturated rings. The fraction of sp³-hybridized carbons (Fsp3) is 0.500. The highest BCUT2D eigenvalue weighted by molar-refractivity contribution is 5.96. The van der Waals surface area contributed by atoms with Gasteiger partial charge in [0.1, 0.15) is 0 Å². The molecule has 1 aromatic carbocycles. The third-order valence-corrected chi connectivity index (χ3v) is 2.77. The van der Waals surface area contributed by atoms with Crippen molar-refractivity contribution in [2.75, 3.05) is 24.1 Å². The predicted octanol–water partition coefficient (Wildman–Crippen LogP) is 1.59. The minimum absolute atomic E-state index is 0.102. The molecule has 5 N–H and O–H groups in total. The number of aliphatic hydroxyl groups is 1. The van der Waals surface area contributed by atoms with Gasteiger partial charge in [0.15, 0.2) is 0 Å². The Hall–Kier alpha value is -1.75. The summed E-state index contributed by atoms with van der Waals surface area (Å²) in [5, 5.41) is 15.1. The number of amides is 1. The monoisotopic (exact) mass is 265 g/mol. The number of nitrogens with two attached hydrogens (primary N) is 1. The minimum Gasteiger partial charge on any atom is -0.397 e. The molecule has 1 amide bonds. The van der Waals surface area contributed by atoms with E-state index < -0.39 is 0 Å². The smallest absolute Gasteiger partial charge is 0.251 e. The first-order valence-corrected chi connectivity index (χ1v) is 6.64. The number of aliphatic hydroxyl groups excluding tert-OH is 1. The summed E-state index contributed by atoms with van der Waals surface area (Å²) in [4.78, 5) is 11.7. The van der Waals surface area contributed by atoms with Crippen molar-refractivity contribution in [2.45, 2.75) is 32.8 Å². The molecule has 0 saturated carbocycles. The molecule has 0 radical (unpaired) electrons. The highest BCUT2D eigenvalue weighted by atomic mass is 16.3. The highest BCUT2D eigenvalue weighted by Gasteiger charge is 2.07. The van der Waals surface area contributed by atoms with Crippen LogP contribution in [0.25, 0.3) is 0 Å². The second-order valence-electron chi connectivity index (χ2n) is 4.58. The molecule has 5 nitrogen and oxygen atoms in total.